The number of amides is 2. The van der Waals surface area contributed by atoms with Gasteiger partial charge in [0.05, 0.1) is 6.04 Å². The average molecular weight is 280 g/mol. The molecule has 0 bridgehead atoms. The first-order valence-corrected chi connectivity index (χ1v) is 4.98. The molecular weight excluding hydrogens is 266 g/mol. The van der Waals surface area contributed by atoms with Gasteiger partial charge in [0.25, 0.3) is 0 Å². The van der Waals surface area contributed by atoms with E-state index < -0.39 is 36.5 Å². The Bertz CT molecular complexity index is 362. The van der Waals surface area contributed by atoms with Gasteiger partial charge < -0.3 is 15.6 Å². The van der Waals surface area contributed by atoms with Crippen LogP contribution in [0.25, 0.3) is 0 Å². The van der Waals surface area contributed by atoms with E-state index in [2.05, 4.69) is 5.32 Å². The van der Waals surface area contributed by atoms with Crippen LogP contribution in [-0.2, 0) is 19.2 Å². The van der Waals surface area contributed by atoms with Crippen molar-refractivity contribution in [3.05, 3.63) is 0 Å². The van der Waals surface area contributed by atoms with Gasteiger partial charge in [-0.3, -0.25) is 24.6 Å². The monoisotopic (exact) mass is 279 g/mol. The Balaban J connectivity index is 0.00000289. The van der Waals surface area contributed by atoms with E-state index in [1.54, 1.807) is 0 Å². The van der Waals surface area contributed by atoms with E-state index in [4.69, 9.17) is 10.8 Å². The van der Waals surface area contributed by atoms with Crippen molar-refractivity contribution in [3.8, 4) is 0 Å². The minimum absolute atomic E-state index is 0. The first-order valence-electron chi connectivity index (χ1n) is 4.98. The molecule has 102 valence electrons. The summed E-state index contributed by atoms with van der Waals surface area (Å²) < 4.78 is 0. The van der Waals surface area contributed by atoms with Gasteiger partial charge in [-0.05, 0) is 6.42 Å². The summed E-state index contributed by atoms with van der Waals surface area (Å²) in [5.74, 6) is -2.47. The number of nitrogens with two attached hydrogens (primary N) is 1. The van der Waals surface area contributed by atoms with Crippen molar-refractivity contribution in [1.29, 1.82) is 0 Å². The van der Waals surface area contributed by atoms with Gasteiger partial charge >= 0.3 is 5.97 Å². The molecule has 0 aromatic heterocycles. The molecule has 0 radical (unpaired) electrons. The average Bonchev–Trinajstić information content (AvgIpc) is 2.27. The summed E-state index contributed by atoms with van der Waals surface area (Å²) in [6, 6.07) is -0.799. The van der Waals surface area contributed by atoms with Gasteiger partial charge in [0.2, 0.25) is 11.8 Å². The maximum Gasteiger partial charge on any atom is 0.323 e. The molecule has 1 fully saturated rings. The number of carboxylic acid groups (broad SMARTS) is 1. The topological polar surface area (TPSA) is 130 Å². The number of halogens is 1. The molecule has 2 amide bonds. The Morgan fingerprint density at radius 2 is 2.22 bits per heavy atom. The van der Waals surface area contributed by atoms with Crippen LogP contribution < -0.4 is 11.1 Å². The van der Waals surface area contributed by atoms with E-state index in [9.17, 15) is 19.2 Å². The first kappa shape index (κ1) is 16.5. The van der Waals surface area contributed by atoms with Crippen LogP contribution in [0.1, 0.15) is 12.8 Å². The quantitative estimate of drug-likeness (QED) is 0.304. The van der Waals surface area contributed by atoms with Crippen molar-refractivity contribution in [2.45, 2.75) is 25.0 Å². The van der Waals surface area contributed by atoms with Gasteiger partial charge in [-0.15, -0.1) is 12.4 Å². The van der Waals surface area contributed by atoms with Crippen molar-refractivity contribution >= 4 is 36.5 Å². The maximum absolute atomic E-state index is 11.7. The normalized spacial score (nSPS) is 21.2. The molecule has 1 aliphatic rings. The SMILES string of the molecule is Cl.N[C@H](C=O)N[C@H]1CCC(=O)N(CC(=O)O)C1=O. The molecule has 0 spiro atoms. The second-order valence-corrected chi connectivity index (χ2v) is 3.63. The number of rotatable bonds is 5. The van der Waals surface area contributed by atoms with Gasteiger partial charge in [0, 0.05) is 6.42 Å². The van der Waals surface area contributed by atoms with Gasteiger partial charge in [-0.2, -0.15) is 0 Å². The Kier molecular flexibility index (Phi) is 6.45. The molecule has 1 aliphatic heterocycles. The predicted molar refractivity (Wildman–Crippen MR) is 61.8 cm³/mol. The number of likely N-dealkylation sites (tertiary alicyclic amines) is 1. The lowest BCUT2D eigenvalue weighted by Gasteiger charge is -2.30. The summed E-state index contributed by atoms with van der Waals surface area (Å²) in [7, 11) is 0. The van der Waals surface area contributed by atoms with Crippen LogP contribution in [0.4, 0.5) is 0 Å². The molecule has 0 unspecified atom stereocenters. The smallest absolute Gasteiger partial charge is 0.323 e. The highest BCUT2D eigenvalue weighted by atomic mass is 35.5. The number of nitrogens with zero attached hydrogens (tertiary/aromatic N) is 1. The second kappa shape index (κ2) is 7.04. The fourth-order valence-corrected chi connectivity index (χ4v) is 1.56. The van der Waals surface area contributed by atoms with Crippen molar-refractivity contribution in [2.24, 2.45) is 5.73 Å². The summed E-state index contributed by atoms with van der Waals surface area (Å²) in [5.41, 5.74) is 5.30. The van der Waals surface area contributed by atoms with E-state index >= 15 is 0 Å². The van der Waals surface area contributed by atoms with E-state index in [0.29, 0.717) is 11.2 Å². The Morgan fingerprint density at radius 1 is 1.61 bits per heavy atom. The number of aldehydes is 1. The lowest BCUT2D eigenvalue weighted by Crippen LogP contribution is -2.58. The molecule has 0 aromatic rings. The molecular formula is C9H14ClN3O5. The lowest BCUT2D eigenvalue weighted by molar-refractivity contribution is -0.156. The van der Waals surface area contributed by atoms with Gasteiger partial charge in [0.15, 0.2) is 6.29 Å². The number of nitrogens with one attached hydrogen (secondary N) is 1. The third-order valence-electron chi connectivity index (χ3n) is 2.35. The maximum atomic E-state index is 11.7. The van der Waals surface area contributed by atoms with E-state index in [1.165, 1.54) is 0 Å². The number of carbonyl (C=O) groups excluding carboxylic acids is 3. The fourth-order valence-electron chi connectivity index (χ4n) is 1.56. The summed E-state index contributed by atoms with van der Waals surface area (Å²) in [6.45, 7) is -0.674. The van der Waals surface area contributed by atoms with Crippen LogP contribution in [-0.4, -0.2) is 52.8 Å². The number of imide groups is 1. The van der Waals surface area contributed by atoms with Gasteiger partial charge in [-0.1, -0.05) is 0 Å². The zero-order valence-corrected chi connectivity index (χ0v) is 10.2. The van der Waals surface area contributed by atoms with Crippen molar-refractivity contribution in [1.82, 2.24) is 10.2 Å². The predicted octanol–water partition coefficient (Wildman–Crippen LogP) is -1.92. The third kappa shape index (κ3) is 4.06. The summed E-state index contributed by atoms with van der Waals surface area (Å²) >= 11 is 0. The van der Waals surface area contributed by atoms with Crippen LogP contribution in [0.5, 0.6) is 0 Å². The fraction of sp³-hybridized carbons (Fsp3) is 0.556. The Labute approximate surface area is 109 Å². The minimum atomic E-state index is -1.27. The molecule has 4 N–H and O–H groups in total. The summed E-state index contributed by atoms with van der Waals surface area (Å²) in [6.07, 6.45) is -0.341. The molecule has 18 heavy (non-hydrogen) atoms. The van der Waals surface area contributed by atoms with Crippen LogP contribution in [0.3, 0.4) is 0 Å². The molecule has 0 saturated carbocycles. The largest absolute Gasteiger partial charge is 0.480 e. The molecule has 0 aromatic carbocycles. The van der Waals surface area contributed by atoms with Crippen LogP contribution in [0.2, 0.25) is 0 Å². The molecule has 1 saturated heterocycles. The second-order valence-electron chi connectivity index (χ2n) is 3.63. The molecule has 2 atom stereocenters. The lowest BCUT2D eigenvalue weighted by atomic mass is 10.0. The van der Waals surface area contributed by atoms with Crippen molar-refractivity contribution in [3.63, 3.8) is 0 Å². The molecule has 0 aliphatic carbocycles. The highest BCUT2D eigenvalue weighted by Gasteiger charge is 2.35. The summed E-state index contributed by atoms with van der Waals surface area (Å²) in [4.78, 5) is 44.6. The molecule has 1 heterocycles. The van der Waals surface area contributed by atoms with Gasteiger partial charge in [-0.25, -0.2) is 0 Å². The van der Waals surface area contributed by atoms with E-state index in [1.807, 2.05) is 0 Å². The van der Waals surface area contributed by atoms with E-state index in [0.717, 1.165) is 0 Å². The number of hydrogen-bond acceptors (Lipinski definition) is 6. The van der Waals surface area contributed by atoms with E-state index in [-0.39, 0.29) is 25.2 Å². The molecule has 9 heteroatoms. The third-order valence-corrected chi connectivity index (χ3v) is 2.35. The zero-order chi connectivity index (χ0) is 13.0. The summed E-state index contributed by atoms with van der Waals surface area (Å²) in [5, 5.41) is 11.1. The Morgan fingerprint density at radius 3 is 2.72 bits per heavy atom. The minimum Gasteiger partial charge on any atom is -0.480 e. The number of carbonyl (C=O) groups is 4. The molecule has 8 nitrogen and oxygen atoms in total. The Hall–Kier alpha value is -1.51. The number of piperidine rings is 1. The first-order chi connectivity index (χ1) is 7.95. The molecule has 1 rings (SSSR count). The van der Waals surface area contributed by atoms with Gasteiger partial charge in [0.1, 0.15) is 12.7 Å². The highest BCUT2D eigenvalue weighted by Crippen LogP contribution is 2.13. The standard InChI is InChI=1S/C9H13N3O5.ClH/c10-6(4-13)11-5-1-2-7(14)12(9(5)17)3-8(15)16;/h4-6,11H,1-3,10H2,(H,15,16);1H/t5-,6-;/m0./s1. The number of hydrogen-bond donors (Lipinski definition) is 3. The highest BCUT2D eigenvalue weighted by molar-refractivity contribution is 6.02. The number of aliphatic carboxylic acids is 1. The number of carboxylic acids is 1. The van der Waals surface area contributed by atoms with Crippen molar-refractivity contribution in [2.75, 3.05) is 6.54 Å². The zero-order valence-electron chi connectivity index (χ0n) is 9.37. The van der Waals surface area contributed by atoms with Crippen molar-refractivity contribution < 1.29 is 24.3 Å². The van der Waals surface area contributed by atoms with Crippen LogP contribution >= 0.6 is 12.4 Å². The van der Waals surface area contributed by atoms with Crippen LogP contribution in [0, 0.1) is 0 Å². The van der Waals surface area contributed by atoms with Crippen LogP contribution in [0.15, 0.2) is 0 Å².